The van der Waals surface area contributed by atoms with E-state index in [4.69, 9.17) is 20.3 Å². The van der Waals surface area contributed by atoms with Crippen LogP contribution in [0.2, 0.25) is 0 Å². The van der Waals surface area contributed by atoms with E-state index in [1.807, 2.05) is 0 Å². The van der Waals surface area contributed by atoms with Gasteiger partial charge in [0, 0.05) is 0 Å². The molecule has 0 rings (SSSR count). The molecule has 1 radical (unpaired) electrons. The van der Waals surface area contributed by atoms with Gasteiger partial charge in [0.25, 0.3) is 0 Å². The van der Waals surface area contributed by atoms with E-state index in [1.54, 1.807) is 27.7 Å². The highest BCUT2D eigenvalue weighted by Crippen LogP contribution is 2.19. The zero-order valence-corrected chi connectivity index (χ0v) is 7.37. The first-order valence-corrected chi connectivity index (χ1v) is 3.21. The Hall–Kier alpha value is -0.0951. The smallest absolute Gasteiger partial charge is 0.429 e. The van der Waals surface area contributed by atoms with Gasteiger partial charge in [-0.15, -0.1) is 0 Å². The Kier molecular flexibility index (Phi) is 5.78. The third-order valence-electron chi connectivity index (χ3n) is 1.50. The fraction of sp³-hybridized carbons (Fsp3) is 1.00. The molecule has 4 nitrogen and oxygen atoms in total. The first-order valence-electron chi connectivity index (χ1n) is 3.21. The maximum Gasteiger partial charge on any atom is 0.482 e. The van der Waals surface area contributed by atoms with Crippen molar-refractivity contribution in [1.82, 2.24) is 0 Å². The van der Waals surface area contributed by atoms with Crippen LogP contribution in [-0.2, 0) is 0 Å². The molecule has 0 spiro atoms. The van der Waals surface area contributed by atoms with Gasteiger partial charge in [0.1, 0.15) is 0 Å². The van der Waals surface area contributed by atoms with E-state index >= 15 is 0 Å². The maximum atomic E-state index is 9.10. The van der Waals surface area contributed by atoms with Crippen molar-refractivity contribution in [3.63, 3.8) is 0 Å². The molecule has 0 aromatic carbocycles. The van der Waals surface area contributed by atoms with Crippen LogP contribution in [0.4, 0.5) is 0 Å². The molecule has 67 valence electrons. The minimum Gasteiger partial charge on any atom is -0.429 e. The van der Waals surface area contributed by atoms with Crippen molar-refractivity contribution in [3.05, 3.63) is 0 Å². The molecule has 0 heterocycles. The Morgan fingerprint density at radius 1 is 0.818 bits per heavy atom. The van der Waals surface area contributed by atoms with Crippen molar-refractivity contribution in [2.45, 2.75) is 38.9 Å². The fourth-order valence-corrected chi connectivity index (χ4v) is 0. The van der Waals surface area contributed by atoms with Gasteiger partial charge in [-0.3, -0.25) is 0 Å². The van der Waals surface area contributed by atoms with Crippen LogP contribution < -0.4 is 0 Å². The molecule has 0 aliphatic heterocycles. The summed E-state index contributed by atoms with van der Waals surface area (Å²) in [4.78, 5) is 0. The van der Waals surface area contributed by atoms with Crippen LogP contribution in [0.1, 0.15) is 27.7 Å². The quantitative estimate of drug-likeness (QED) is 0.375. The Morgan fingerprint density at radius 2 is 0.909 bits per heavy atom. The molecule has 0 aromatic heterocycles. The zero-order valence-electron chi connectivity index (χ0n) is 7.37. The summed E-state index contributed by atoms with van der Waals surface area (Å²) in [5, 5.41) is 32.2. The summed E-state index contributed by atoms with van der Waals surface area (Å²) in [5.41, 5.74) is -2.01. The summed E-state index contributed by atoms with van der Waals surface area (Å²) >= 11 is 0. The molecule has 0 saturated carbocycles. The van der Waals surface area contributed by atoms with Gasteiger partial charge in [0.15, 0.2) is 0 Å². The van der Waals surface area contributed by atoms with Crippen molar-refractivity contribution >= 4 is 7.69 Å². The topological polar surface area (TPSA) is 80.9 Å². The molecule has 0 bridgehead atoms. The van der Waals surface area contributed by atoms with E-state index in [0.717, 1.165) is 0 Å². The number of rotatable bonds is 1. The van der Waals surface area contributed by atoms with E-state index in [0.29, 0.717) is 0 Å². The van der Waals surface area contributed by atoms with E-state index in [-0.39, 0.29) is 7.69 Å². The summed E-state index contributed by atoms with van der Waals surface area (Å²) in [7, 11) is 0. The molecule has 0 aliphatic carbocycles. The molecule has 5 heteroatoms. The van der Waals surface area contributed by atoms with Crippen LogP contribution >= 0.6 is 0 Å². The highest BCUT2D eigenvalue weighted by molar-refractivity contribution is 6.13. The number of aliphatic hydroxyl groups is 2. The van der Waals surface area contributed by atoms with Gasteiger partial charge in [-0.1, -0.05) is 0 Å². The van der Waals surface area contributed by atoms with Gasteiger partial charge in [-0.05, 0) is 27.7 Å². The highest BCUT2D eigenvalue weighted by atomic mass is 16.4. The van der Waals surface area contributed by atoms with Crippen LogP contribution in [0.3, 0.4) is 0 Å². The standard InChI is InChI=1S/C6H14O2.BH2O2/c1-5(2,7)6(3,4)8;2-1-3/h7-8H,1-4H3;2-3H. The van der Waals surface area contributed by atoms with E-state index in [1.165, 1.54) is 0 Å². The lowest BCUT2D eigenvalue weighted by atomic mass is 9.90. The van der Waals surface area contributed by atoms with Crippen molar-refractivity contribution in [1.29, 1.82) is 0 Å². The second-order valence-electron chi connectivity index (χ2n) is 3.23. The normalized spacial score (nSPS) is 11.6. The molecular formula is C6H16BO4. The average molecular weight is 163 g/mol. The average Bonchev–Trinajstić information content (AvgIpc) is 1.60. The minimum atomic E-state index is -1.01. The fourth-order valence-electron chi connectivity index (χ4n) is 0. The van der Waals surface area contributed by atoms with E-state index < -0.39 is 11.2 Å². The maximum absolute atomic E-state index is 9.10. The third-order valence-corrected chi connectivity index (χ3v) is 1.50. The molecule has 0 aromatic rings. The SMILES string of the molecule is CC(C)(O)C(C)(C)O.O[B]O. The number of hydrogen-bond donors (Lipinski definition) is 4. The van der Waals surface area contributed by atoms with Gasteiger partial charge in [0.2, 0.25) is 0 Å². The molecular weight excluding hydrogens is 147 g/mol. The minimum absolute atomic E-state index is 0. The molecule has 4 N–H and O–H groups in total. The first kappa shape index (κ1) is 13.5. The zero-order chi connectivity index (χ0) is 9.71. The third kappa shape index (κ3) is 7.81. The van der Waals surface area contributed by atoms with Crippen LogP contribution in [0.25, 0.3) is 0 Å². The molecule has 11 heavy (non-hydrogen) atoms. The lowest BCUT2D eigenvalue weighted by Crippen LogP contribution is -2.44. The van der Waals surface area contributed by atoms with Gasteiger partial charge in [-0.25, -0.2) is 0 Å². The Balaban J connectivity index is 0. The molecule has 0 atom stereocenters. The van der Waals surface area contributed by atoms with Crippen LogP contribution in [0.5, 0.6) is 0 Å². The lowest BCUT2D eigenvalue weighted by molar-refractivity contribution is -0.107. The van der Waals surface area contributed by atoms with Gasteiger partial charge in [0.05, 0.1) is 11.2 Å². The van der Waals surface area contributed by atoms with Crippen LogP contribution in [-0.4, -0.2) is 39.1 Å². The predicted molar refractivity (Wildman–Crippen MR) is 42.8 cm³/mol. The summed E-state index contributed by atoms with van der Waals surface area (Å²) in [6.45, 7) is 6.31. The van der Waals surface area contributed by atoms with Crippen molar-refractivity contribution in [3.8, 4) is 0 Å². The summed E-state index contributed by atoms with van der Waals surface area (Å²) < 4.78 is 0. The summed E-state index contributed by atoms with van der Waals surface area (Å²) in [6.07, 6.45) is 0. The molecule has 0 amide bonds. The van der Waals surface area contributed by atoms with Crippen molar-refractivity contribution in [2.24, 2.45) is 0 Å². The van der Waals surface area contributed by atoms with E-state index in [9.17, 15) is 0 Å². The molecule has 0 unspecified atom stereocenters. The van der Waals surface area contributed by atoms with Gasteiger partial charge < -0.3 is 20.3 Å². The van der Waals surface area contributed by atoms with E-state index in [2.05, 4.69) is 0 Å². The molecule has 0 saturated heterocycles. The number of hydrogen-bond acceptors (Lipinski definition) is 4. The second kappa shape index (κ2) is 4.72. The summed E-state index contributed by atoms with van der Waals surface area (Å²) in [5.74, 6) is 0. The van der Waals surface area contributed by atoms with Crippen molar-refractivity contribution in [2.75, 3.05) is 0 Å². The van der Waals surface area contributed by atoms with Gasteiger partial charge in [-0.2, -0.15) is 0 Å². The first-order chi connectivity index (χ1) is 4.66. The Bertz CT molecular complexity index is 79.7. The van der Waals surface area contributed by atoms with Crippen LogP contribution in [0.15, 0.2) is 0 Å². The molecule has 0 aliphatic rings. The largest absolute Gasteiger partial charge is 0.482 e. The Labute approximate surface area is 67.8 Å². The Morgan fingerprint density at radius 3 is 0.909 bits per heavy atom. The predicted octanol–water partition coefficient (Wildman–Crippen LogP) is -0.967. The van der Waals surface area contributed by atoms with Crippen LogP contribution in [0, 0.1) is 0 Å². The van der Waals surface area contributed by atoms with Gasteiger partial charge >= 0.3 is 7.69 Å². The monoisotopic (exact) mass is 163 g/mol. The van der Waals surface area contributed by atoms with Crippen molar-refractivity contribution < 1.29 is 20.3 Å². The highest BCUT2D eigenvalue weighted by Gasteiger charge is 2.31. The molecule has 0 fully saturated rings. The lowest BCUT2D eigenvalue weighted by Gasteiger charge is -2.31. The summed E-state index contributed by atoms with van der Waals surface area (Å²) in [6, 6.07) is 0. The second-order valence-corrected chi connectivity index (χ2v) is 3.23.